The summed E-state index contributed by atoms with van der Waals surface area (Å²) in [6.07, 6.45) is 0.323. The standard InChI is InChI=1S/C17H17NO6S2/c19-15(18-17(16(20)21)8-10-24-11-9-17)13-6-7-14(25-13)26(22,23)12-4-2-1-3-5-12/h1-7H,8-11H2,(H,18,19)(H,20,21). The van der Waals surface area contributed by atoms with Crippen LogP contribution in [0, 0.1) is 0 Å². The van der Waals surface area contributed by atoms with Gasteiger partial charge in [0.2, 0.25) is 9.84 Å². The van der Waals surface area contributed by atoms with Crippen LogP contribution in [0.3, 0.4) is 0 Å². The third kappa shape index (κ3) is 3.50. The lowest BCUT2D eigenvalue weighted by Gasteiger charge is -2.33. The smallest absolute Gasteiger partial charge is 0.329 e. The third-order valence-electron chi connectivity index (χ3n) is 4.23. The van der Waals surface area contributed by atoms with Crippen molar-refractivity contribution in [1.29, 1.82) is 0 Å². The highest BCUT2D eigenvalue weighted by atomic mass is 32.2. The maximum Gasteiger partial charge on any atom is 0.329 e. The number of rotatable bonds is 5. The monoisotopic (exact) mass is 395 g/mol. The van der Waals surface area contributed by atoms with Gasteiger partial charge in [0, 0.05) is 26.1 Å². The van der Waals surface area contributed by atoms with Crippen molar-refractivity contribution in [3.05, 3.63) is 47.3 Å². The first-order chi connectivity index (χ1) is 12.3. The van der Waals surface area contributed by atoms with Crippen LogP contribution < -0.4 is 5.32 Å². The second-order valence-electron chi connectivity index (χ2n) is 5.89. The number of hydrogen-bond acceptors (Lipinski definition) is 6. The fraction of sp³-hybridized carbons (Fsp3) is 0.294. The topological polar surface area (TPSA) is 110 Å². The fourth-order valence-electron chi connectivity index (χ4n) is 2.69. The summed E-state index contributed by atoms with van der Waals surface area (Å²) in [5, 5.41) is 12.1. The highest BCUT2D eigenvalue weighted by Gasteiger charge is 2.42. The molecule has 2 aromatic rings. The van der Waals surface area contributed by atoms with Crippen molar-refractivity contribution >= 4 is 33.1 Å². The largest absolute Gasteiger partial charge is 0.480 e. The predicted octanol–water partition coefficient (Wildman–Crippen LogP) is 1.94. The van der Waals surface area contributed by atoms with Crippen LogP contribution in [0.2, 0.25) is 0 Å². The molecule has 7 nitrogen and oxygen atoms in total. The van der Waals surface area contributed by atoms with Crippen LogP contribution >= 0.6 is 11.3 Å². The number of nitrogens with one attached hydrogen (secondary N) is 1. The average Bonchev–Trinajstić information content (AvgIpc) is 3.14. The Bertz CT molecular complexity index is 914. The van der Waals surface area contributed by atoms with Gasteiger partial charge >= 0.3 is 5.97 Å². The number of sulfone groups is 1. The molecule has 26 heavy (non-hydrogen) atoms. The molecule has 1 saturated heterocycles. The van der Waals surface area contributed by atoms with E-state index in [4.69, 9.17) is 4.74 Å². The third-order valence-corrected chi connectivity index (χ3v) is 7.58. The van der Waals surface area contributed by atoms with E-state index in [1.165, 1.54) is 24.3 Å². The summed E-state index contributed by atoms with van der Waals surface area (Å²) >= 11 is 0.818. The van der Waals surface area contributed by atoms with E-state index in [9.17, 15) is 23.1 Å². The Hall–Kier alpha value is -2.23. The number of carboxylic acid groups (broad SMARTS) is 1. The Morgan fingerprint density at radius 1 is 1.08 bits per heavy atom. The van der Waals surface area contributed by atoms with Crippen LogP contribution in [-0.2, 0) is 19.4 Å². The molecule has 0 atom stereocenters. The van der Waals surface area contributed by atoms with Gasteiger partial charge in [0.15, 0.2) is 0 Å². The van der Waals surface area contributed by atoms with Gasteiger partial charge in [0.05, 0.1) is 9.77 Å². The Balaban J connectivity index is 1.83. The maximum atomic E-state index is 12.6. The molecule has 138 valence electrons. The van der Waals surface area contributed by atoms with E-state index in [2.05, 4.69) is 5.32 Å². The van der Waals surface area contributed by atoms with E-state index >= 15 is 0 Å². The van der Waals surface area contributed by atoms with E-state index in [-0.39, 0.29) is 40.0 Å². The van der Waals surface area contributed by atoms with Crippen molar-refractivity contribution in [3.8, 4) is 0 Å². The molecular formula is C17H17NO6S2. The van der Waals surface area contributed by atoms with Gasteiger partial charge in [-0.2, -0.15) is 0 Å². The SMILES string of the molecule is O=C(NC1(C(=O)O)CCOCC1)c1ccc(S(=O)(=O)c2ccccc2)s1. The molecule has 2 heterocycles. The molecule has 2 N–H and O–H groups in total. The number of amides is 1. The zero-order chi connectivity index (χ0) is 18.8. The van der Waals surface area contributed by atoms with Crippen LogP contribution in [0.15, 0.2) is 51.6 Å². The van der Waals surface area contributed by atoms with Crippen LogP contribution in [0.4, 0.5) is 0 Å². The molecule has 0 unspecified atom stereocenters. The lowest BCUT2D eigenvalue weighted by molar-refractivity contribution is -0.148. The number of benzene rings is 1. The van der Waals surface area contributed by atoms with Crippen LogP contribution in [0.1, 0.15) is 22.5 Å². The summed E-state index contributed by atoms with van der Waals surface area (Å²) in [5.74, 6) is -1.73. The highest BCUT2D eigenvalue weighted by Crippen LogP contribution is 2.29. The van der Waals surface area contributed by atoms with E-state index in [1.807, 2.05) is 0 Å². The Labute approximate surface area is 154 Å². The van der Waals surface area contributed by atoms with Crippen molar-refractivity contribution in [1.82, 2.24) is 5.32 Å². The summed E-state index contributed by atoms with van der Waals surface area (Å²) in [6, 6.07) is 10.7. The van der Waals surface area contributed by atoms with Crippen molar-refractivity contribution in [3.63, 3.8) is 0 Å². The summed E-state index contributed by atoms with van der Waals surface area (Å²) in [7, 11) is -3.71. The molecule has 0 aliphatic carbocycles. The summed E-state index contributed by atoms with van der Waals surface area (Å²) in [5.41, 5.74) is -1.39. The zero-order valence-electron chi connectivity index (χ0n) is 13.7. The molecule has 1 aliphatic rings. The number of aliphatic carboxylic acids is 1. The molecule has 1 fully saturated rings. The van der Waals surface area contributed by atoms with Gasteiger partial charge in [-0.05, 0) is 24.3 Å². The van der Waals surface area contributed by atoms with Gasteiger partial charge in [0.25, 0.3) is 5.91 Å². The lowest BCUT2D eigenvalue weighted by atomic mass is 9.90. The Kier molecular flexibility index (Phi) is 5.12. The molecule has 0 spiro atoms. The number of carbonyl (C=O) groups is 2. The average molecular weight is 395 g/mol. The van der Waals surface area contributed by atoms with Crippen LogP contribution in [0.5, 0.6) is 0 Å². The van der Waals surface area contributed by atoms with Gasteiger partial charge in [0.1, 0.15) is 9.75 Å². The van der Waals surface area contributed by atoms with Gasteiger partial charge in [-0.3, -0.25) is 4.79 Å². The molecule has 0 bridgehead atoms. The Morgan fingerprint density at radius 3 is 2.35 bits per heavy atom. The first kappa shape index (κ1) is 18.6. The molecule has 1 aromatic heterocycles. The molecule has 3 rings (SSSR count). The number of hydrogen-bond donors (Lipinski definition) is 2. The molecule has 1 aromatic carbocycles. The molecule has 0 radical (unpaired) electrons. The minimum absolute atomic E-state index is 0.0326. The first-order valence-electron chi connectivity index (χ1n) is 7.89. The van der Waals surface area contributed by atoms with Crippen LogP contribution in [-0.4, -0.2) is 44.2 Å². The van der Waals surface area contributed by atoms with E-state index < -0.39 is 27.3 Å². The Morgan fingerprint density at radius 2 is 1.73 bits per heavy atom. The molecule has 1 amide bonds. The molecule has 0 saturated carbocycles. The van der Waals surface area contributed by atoms with Gasteiger partial charge in [-0.1, -0.05) is 18.2 Å². The van der Waals surface area contributed by atoms with Gasteiger partial charge < -0.3 is 15.2 Å². The summed E-state index contributed by atoms with van der Waals surface area (Å²) in [4.78, 5) is 24.4. The lowest BCUT2D eigenvalue weighted by Crippen LogP contribution is -2.57. The van der Waals surface area contributed by atoms with Crippen LogP contribution in [0.25, 0.3) is 0 Å². The summed E-state index contributed by atoms with van der Waals surface area (Å²) < 4.78 is 30.4. The van der Waals surface area contributed by atoms with Crippen molar-refractivity contribution < 1.29 is 27.9 Å². The van der Waals surface area contributed by atoms with Crippen molar-refractivity contribution in [2.75, 3.05) is 13.2 Å². The normalized spacial score (nSPS) is 16.8. The minimum atomic E-state index is -3.71. The number of carbonyl (C=O) groups excluding carboxylic acids is 1. The fourth-order valence-corrected chi connectivity index (χ4v) is 5.32. The van der Waals surface area contributed by atoms with E-state index in [0.29, 0.717) is 0 Å². The minimum Gasteiger partial charge on any atom is -0.480 e. The number of thiophene rings is 1. The molecule has 9 heteroatoms. The van der Waals surface area contributed by atoms with Crippen molar-refractivity contribution in [2.45, 2.75) is 27.5 Å². The second-order valence-corrected chi connectivity index (χ2v) is 9.15. The maximum absolute atomic E-state index is 12.6. The predicted molar refractivity (Wildman–Crippen MR) is 94.1 cm³/mol. The quantitative estimate of drug-likeness (QED) is 0.801. The number of ether oxygens (including phenoxy) is 1. The first-order valence-corrected chi connectivity index (χ1v) is 10.2. The summed E-state index contributed by atoms with van der Waals surface area (Å²) in [6.45, 7) is 0.481. The molecular weight excluding hydrogens is 378 g/mol. The number of carboxylic acids is 1. The van der Waals surface area contributed by atoms with Gasteiger partial charge in [-0.15, -0.1) is 11.3 Å². The second kappa shape index (κ2) is 7.18. The van der Waals surface area contributed by atoms with E-state index in [0.717, 1.165) is 11.3 Å². The molecule has 1 aliphatic heterocycles. The van der Waals surface area contributed by atoms with Gasteiger partial charge in [-0.25, -0.2) is 13.2 Å². The highest BCUT2D eigenvalue weighted by molar-refractivity contribution is 7.93. The zero-order valence-corrected chi connectivity index (χ0v) is 15.3. The van der Waals surface area contributed by atoms with Crippen molar-refractivity contribution in [2.24, 2.45) is 0 Å². The van der Waals surface area contributed by atoms with E-state index in [1.54, 1.807) is 18.2 Å².